The lowest BCUT2D eigenvalue weighted by Gasteiger charge is -2.36. The molecule has 0 saturated heterocycles. The van der Waals surface area contributed by atoms with Crippen LogP contribution in [0.5, 0.6) is 0 Å². The monoisotopic (exact) mass is 266 g/mol. The smallest absolute Gasteiger partial charge is 0.323 e. The van der Waals surface area contributed by atoms with Gasteiger partial charge in [0.05, 0.1) is 14.2 Å². The molecule has 0 aromatic carbocycles. The molecule has 1 unspecified atom stereocenters. The van der Waals surface area contributed by atoms with E-state index in [-0.39, 0.29) is 5.92 Å². The maximum atomic E-state index is 12.1. The van der Waals surface area contributed by atoms with Crippen LogP contribution in [0.3, 0.4) is 0 Å². The topological polar surface area (TPSA) is 52.6 Å². The average Bonchev–Trinajstić information content (AvgIpc) is 2.39. The molecular formula is C15H22O4. The van der Waals surface area contributed by atoms with Crippen molar-refractivity contribution in [3.05, 3.63) is 23.8 Å². The van der Waals surface area contributed by atoms with Crippen LogP contribution >= 0.6 is 0 Å². The minimum atomic E-state index is -1.19. The van der Waals surface area contributed by atoms with E-state index in [1.54, 1.807) is 0 Å². The number of rotatable bonds is 3. The van der Waals surface area contributed by atoms with Crippen LogP contribution in [0.4, 0.5) is 0 Å². The van der Waals surface area contributed by atoms with E-state index < -0.39 is 17.4 Å². The molecule has 1 atom stereocenters. The minimum Gasteiger partial charge on any atom is -0.468 e. The largest absolute Gasteiger partial charge is 0.468 e. The van der Waals surface area contributed by atoms with Crippen molar-refractivity contribution in [2.75, 3.05) is 14.2 Å². The summed E-state index contributed by atoms with van der Waals surface area (Å²) in [7, 11) is 2.60. The molecule has 1 aliphatic rings. The van der Waals surface area contributed by atoms with Gasteiger partial charge in [-0.3, -0.25) is 9.59 Å². The summed E-state index contributed by atoms with van der Waals surface area (Å²) in [5.41, 5.74) is 0.989. The third-order valence-corrected chi connectivity index (χ3v) is 3.65. The molecule has 0 aromatic heterocycles. The number of allylic oxidation sites excluding steroid dienone is 3. The number of ether oxygens (including phenoxy) is 2. The Labute approximate surface area is 114 Å². The lowest BCUT2D eigenvalue weighted by molar-refractivity contribution is -0.171. The van der Waals surface area contributed by atoms with Crippen molar-refractivity contribution in [2.45, 2.75) is 33.1 Å². The Morgan fingerprint density at radius 3 is 2.21 bits per heavy atom. The van der Waals surface area contributed by atoms with Gasteiger partial charge in [-0.1, -0.05) is 23.8 Å². The third-order valence-electron chi connectivity index (χ3n) is 3.65. The molecule has 4 heteroatoms. The van der Waals surface area contributed by atoms with Gasteiger partial charge in [-0.15, -0.1) is 0 Å². The van der Waals surface area contributed by atoms with Crippen molar-refractivity contribution in [3.8, 4) is 0 Å². The van der Waals surface area contributed by atoms with Crippen LogP contribution in [0.1, 0.15) is 33.1 Å². The highest BCUT2D eigenvalue weighted by atomic mass is 16.5. The van der Waals surface area contributed by atoms with Gasteiger partial charge >= 0.3 is 11.9 Å². The van der Waals surface area contributed by atoms with Crippen molar-refractivity contribution in [2.24, 2.45) is 11.3 Å². The first-order chi connectivity index (χ1) is 8.87. The number of esters is 2. The fourth-order valence-corrected chi connectivity index (χ4v) is 2.61. The second-order valence-corrected chi connectivity index (χ2v) is 5.28. The van der Waals surface area contributed by atoms with E-state index in [1.807, 2.05) is 19.9 Å². The average molecular weight is 266 g/mol. The van der Waals surface area contributed by atoms with Crippen LogP contribution in [-0.4, -0.2) is 26.2 Å². The van der Waals surface area contributed by atoms with Crippen LogP contribution in [0.25, 0.3) is 0 Å². The van der Waals surface area contributed by atoms with Gasteiger partial charge in [-0.05, 0) is 39.0 Å². The molecule has 1 fully saturated rings. The van der Waals surface area contributed by atoms with Crippen LogP contribution in [0.2, 0.25) is 0 Å². The van der Waals surface area contributed by atoms with Crippen LogP contribution in [0.15, 0.2) is 23.8 Å². The van der Waals surface area contributed by atoms with Gasteiger partial charge in [-0.25, -0.2) is 0 Å². The van der Waals surface area contributed by atoms with Gasteiger partial charge in [0, 0.05) is 0 Å². The normalized spacial score (nSPS) is 21.5. The Morgan fingerprint density at radius 1 is 1.26 bits per heavy atom. The van der Waals surface area contributed by atoms with Crippen LogP contribution in [0, 0.1) is 11.3 Å². The highest BCUT2D eigenvalue weighted by Crippen LogP contribution is 2.44. The number of hydrogen-bond acceptors (Lipinski definition) is 4. The van der Waals surface area contributed by atoms with Gasteiger partial charge < -0.3 is 9.47 Å². The Kier molecular flexibility index (Phi) is 4.92. The summed E-state index contributed by atoms with van der Waals surface area (Å²) < 4.78 is 9.63. The molecule has 0 spiro atoms. The number of carbonyl (C=O) groups is 2. The molecule has 0 radical (unpaired) electrons. The zero-order valence-corrected chi connectivity index (χ0v) is 12.1. The number of carbonyl (C=O) groups excluding carboxylic acids is 2. The first-order valence-corrected chi connectivity index (χ1v) is 6.37. The summed E-state index contributed by atoms with van der Waals surface area (Å²) in [5.74, 6) is -1.02. The first-order valence-electron chi connectivity index (χ1n) is 6.37. The van der Waals surface area contributed by atoms with Crippen molar-refractivity contribution in [3.63, 3.8) is 0 Å². The lowest BCUT2D eigenvalue weighted by atomic mass is 9.67. The molecule has 0 bridgehead atoms. The zero-order valence-electron chi connectivity index (χ0n) is 12.1. The van der Waals surface area contributed by atoms with E-state index in [0.717, 1.165) is 11.1 Å². The highest BCUT2D eigenvalue weighted by molar-refractivity contribution is 6.00. The van der Waals surface area contributed by atoms with E-state index in [0.29, 0.717) is 19.3 Å². The molecule has 0 heterocycles. The molecular weight excluding hydrogens is 244 g/mol. The number of methoxy groups -OCH3 is 2. The van der Waals surface area contributed by atoms with Gasteiger partial charge in [0.15, 0.2) is 5.41 Å². The maximum Gasteiger partial charge on any atom is 0.323 e. The molecule has 1 saturated carbocycles. The quantitative estimate of drug-likeness (QED) is 0.447. The first kappa shape index (κ1) is 15.5. The molecule has 0 aromatic rings. The van der Waals surface area contributed by atoms with Gasteiger partial charge in [-0.2, -0.15) is 0 Å². The summed E-state index contributed by atoms with van der Waals surface area (Å²) in [6.45, 7) is 8.01. The predicted molar refractivity (Wildman–Crippen MR) is 72.4 cm³/mol. The summed E-state index contributed by atoms with van der Waals surface area (Å²) in [6.07, 6.45) is 3.44. The fraction of sp³-hybridized carbons (Fsp3) is 0.600. The maximum absolute atomic E-state index is 12.1. The second kappa shape index (κ2) is 6.04. The SMILES string of the molecule is C=C1CCC(C(=O)OC)(C(=O)OC)CC1C=C(C)C. The highest BCUT2D eigenvalue weighted by Gasteiger charge is 2.51. The summed E-state index contributed by atoms with van der Waals surface area (Å²) in [4.78, 5) is 24.1. The van der Waals surface area contributed by atoms with E-state index in [4.69, 9.17) is 9.47 Å². The molecule has 106 valence electrons. The Hall–Kier alpha value is -1.58. The van der Waals surface area contributed by atoms with Gasteiger partial charge in [0.1, 0.15) is 0 Å². The zero-order chi connectivity index (χ0) is 14.6. The van der Waals surface area contributed by atoms with Crippen molar-refractivity contribution < 1.29 is 19.1 Å². The van der Waals surface area contributed by atoms with Gasteiger partial charge in [0.25, 0.3) is 0 Å². The van der Waals surface area contributed by atoms with Gasteiger partial charge in [0.2, 0.25) is 0 Å². The molecule has 0 aliphatic heterocycles. The van der Waals surface area contributed by atoms with E-state index in [9.17, 15) is 9.59 Å². The molecule has 0 N–H and O–H groups in total. The Bertz CT molecular complexity index is 400. The molecule has 1 rings (SSSR count). The molecule has 19 heavy (non-hydrogen) atoms. The fourth-order valence-electron chi connectivity index (χ4n) is 2.61. The summed E-state index contributed by atoms with van der Waals surface area (Å²) in [6, 6.07) is 0. The summed E-state index contributed by atoms with van der Waals surface area (Å²) in [5, 5.41) is 0. The van der Waals surface area contributed by atoms with E-state index in [2.05, 4.69) is 6.58 Å². The lowest BCUT2D eigenvalue weighted by Crippen LogP contribution is -2.45. The minimum absolute atomic E-state index is 0.0111. The Morgan fingerprint density at radius 2 is 1.79 bits per heavy atom. The van der Waals surface area contributed by atoms with Crippen LogP contribution < -0.4 is 0 Å². The Balaban J connectivity index is 3.13. The van der Waals surface area contributed by atoms with E-state index in [1.165, 1.54) is 14.2 Å². The summed E-state index contributed by atoms with van der Waals surface area (Å²) >= 11 is 0. The molecule has 1 aliphatic carbocycles. The van der Waals surface area contributed by atoms with Crippen LogP contribution in [-0.2, 0) is 19.1 Å². The molecule has 0 amide bonds. The second-order valence-electron chi connectivity index (χ2n) is 5.28. The van der Waals surface area contributed by atoms with Crippen molar-refractivity contribution >= 4 is 11.9 Å². The predicted octanol–water partition coefficient (Wildman–Crippen LogP) is 2.64. The standard InChI is InChI=1S/C15H22O4/c1-10(2)8-12-9-15(13(16)18-4,14(17)19-5)7-6-11(12)3/h8,12H,3,6-7,9H2,1-2,4-5H3. The number of hydrogen-bond donors (Lipinski definition) is 0. The molecule has 4 nitrogen and oxygen atoms in total. The third kappa shape index (κ3) is 3.06. The van der Waals surface area contributed by atoms with Crippen molar-refractivity contribution in [1.82, 2.24) is 0 Å². The van der Waals surface area contributed by atoms with Crippen molar-refractivity contribution in [1.29, 1.82) is 0 Å². The van der Waals surface area contributed by atoms with E-state index >= 15 is 0 Å².